The molecule has 26 nitrogen and oxygen atoms in total. The summed E-state index contributed by atoms with van der Waals surface area (Å²) in [6.07, 6.45) is 2.34. The molecule has 9 N–H and O–H groups in total. The van der Waals surface area contributed by atoms with Crippen molar-refractivity contribution in [3.63, 3.8) is 0 Å². The molecule has 0 spiro atoms. The number of hydrogen-bond acceptors (Lipinski definition) is 21. The van der Waals surface area contributed by atoms with Gasteiger partial charge in [-0.05, 0) is 91.2 Å². The average Bonchev–Trinajstić information content (AvgIpc) is 3.16. The smallest absolute Gasteiger partial charge is 0.297 e. The van der Waals surface area contributed by atoms with Gasteiger partial charge in [0.25, 0.3) is 50.6 Å². The summed E-state index contributed by atoms with van der Waals surface area (Å²) in [5.74, 6) is -3.27. The standard InChI is InChI=1S/C33H26ClN9O17S5/c1-14-3-4-16(61(46,47)48)10-21(14)36-33-38-31(34)37-32(39-33)35-20-7-6-18-19(30(20)65(58,59)60)12-27(64(55,56)57)28(29(18)45)43-41-23-9-15(2)22(13-25(23)44)40-42-24-11-17(62(49,50)51)5-8-26(24)63(52,53)54/h3-13,40,42H,1-2H3,(H,46,47,48)(H,49,50,51)(H,52,53,54)(H,55,56,57)(H,58,59,60)(H2,35,36,37,38,39). The number of carbonyl (C=O) groups is 2. The number of allylic oxidation sites excluding steroid dienone is 4. The first kappa shape index (κ1) is 48.1. The van der Waals surface area contributed by atoms with Crippen molar-refractivity contribution in [2.75, 3.05) is 16.1 Å². The van der Waals surface area contributed by atoms with E-state index >= 15 is 0 Å². The lowest BCUT2D eigenvalue weighted by atomic mass is 9.94. The van der Waals surface area contributed by atoms with Gasteiger partial charge in [0.1, 0.15) is 20.4 Å². The summed E-state index contributed by atoms with van der Waals surface area (Å²) < 4.78 is 170. The maximum absolute atomic E-state index is 13.8. The first-order valence-electron chi connectivity index (χ1n) is 17.1. The summed E-state index contributed by atoms with van der Waals surface area (Å²) in [5.41, 5.74) is 0.916. The van der Waals surface area contributed by atoms with Gasteiger partial charge >= 0.3 is 0 Å². The van der Waals surface area contributed by atoms with E-state index in [1.165, 1.54) is 13.0 Å². The van der Waals surface area contributed by atoms with E-state index < -0.39 is 132 Å². The molecule has 4 aromatic rings. The highest BCUT2D eigenvalue weighted by Crippen LogP contribution is 2.37. The SMILES string of the molecule is CC1=CC(=NN=C2C(=O)c3ccc(Nc4nc(Cl)nc(Nc5cc(S(=O)(=O)O)ccc5C)n4)c(S(=O)(=O)O)c3C=C2S(=O)(=O)O)C(=O)C=C1NNc1cc(S(=O)(=O)O)ccc1S(=O)(=O)O. The monoisotopic (exact) mass is 1010 g/mol. The lowest BCUT2D eigenvalue weighted by molar-refractivity contribution is -0.108. The molecule has 32 heteroatoms. The van der Waals surface area contributed by atoms with E-state index in [9.17, 15) is 74.4 Å². The molecular weight excluding hydrogens is 990 g/mol. The van der Waals surface area contributed by atoms with E-state index in [2.05, 4.69) is 46.6 Å². The van der Waals surface area contributed by atoms with Gasteiger partial charge in [-0.1, -0.05) is 6.07 Å². The summed E-state index contributed by atoms with van der Waals surface area (Å²) in [4.78, 5) is 34.0. The second-order valence-electron chi connectivity index (χ2n) is 13.2. The van der Waals surface area contributed by atoms with Crippen LogP contribution in [0.15, 0.2) is 107 Å². The fraction of sp³-hybridized carbons (Fsp3) is 0.0606. The molecule has 65 heavy (non-hydrogen) atoms. The normalized spacial score (nSPS) is 16.1. The highest BCUT2D eigenvalue weighted by Gasteiger charge is 2.37. The molecule has 2 aliphatic carbocycles. The highest BCUT2D eigenvalue weighted by atomic mass is 35.5. The molecule has 0 radical (unpaired) electrons. The van der Waals surface area contributed by atoms with Gasteiger partial charge in [0.2, 0.25) is 28.7 Å². The Morgan fingerprint density at radius 2 is 1.18 bits per heavy atom. The second-order valence-corrected chi connectivity index (χ2v) is 20.5. The van der Waals surface area contributed by atoms with Crippen LogP contribution >= 0.6 is 11.6 Å². The third-order valence-electron chi connectivity index (χ3n) is 8.73. The second kappa shape index (κ2) is 17.2. The van der Waals surface area contributed by atoms with Crippen LogP contribution < -0.4 is 21.5 Å². The summed E-state index contributed by atoms with van der Waals surface area (Å²) in [5, 5.41) is 11.8. The van der Waals surface area contributed by atoms with Crippen LogP contribution in [0.3, 0.4) is 0 Å². The first-order chi connectivity index (χ1) is 29.9. The summed E-state index contributed by atoms with van der Waals surface area (Å²) in [7, 11) is -25.4. The zero-order chi connectivity index (χ0) is 48.2. The molecular formula is C33H26ClN9O17S5. The Labute approximate surface area is 371 Å². The van der Waals surface area contributed by atoms with Crippen LogP contribution in [0.2, 0.25) is 5.28 Å². The minimum absolute atomic E-state index is 0.0680. The summed E-state index contributed by atoms with van der Waals surface area (Å²) >= 11 is 6.06. The number of nitrogens with one attached hydrogen (secondary N) is 4. The van der Waals surface area contributed by atoms with E-state index in [1.54, 1.807) is 6.92 Å². The average molecular weight is 1020 g/mol. The lowest BCUT2D eigenvalue weighted by Gasteiger charge is -2.20. The number of aryl methyl sites for hydroxylation is 1. The van der Waals surface area contributed by atoms with Gasteiger partial charge < -0.3 is 16.1 Å². The molecule has 1 heterocycles. The number of carbonyl (C=O) groups excluding carboxylic acids is 2. The Bertz CT molecular complexity index is 3540. The fourth-order valence-corrected chi connectivity index (χ4v) is 9.05. The number of anilines is 5. The topological polar surface area (TPSA) is 417 Å². The predicted octanol–water partition coefficient (Wildman–Crippen LogP) is 2.56. The number of rotatable bonds is 13. The van der Waals surface area contributed by atoms with Gasteiger partial charge in [0, 0.05) is 22.9 Å². The molecule has 2 aliphatic rings. The molecule has 1 aromatic heterocycles. The van der Waals surface area contributed by atoms with Gasteiger partial charge in [0.15, 0.2) is 5.71 Å². The number of ketones is 2. The Hall–Kier alpha value is -6.39. The number of hydrazine groups is 1. The summed E-state index contributed by atoms with van der Waals surface area (Å²) in [6, 6.07) is 7.38. The molecule has 0 fully saturated rings. The van der Waals surface area contributed by atoms with Crippen molar-refractivity contribution in [1.29, 1.82) is 0 Å². The third-order valence-corrected chi connectivity index (χ3v) is 13.3. The van der Waals surface area contributed by atoms with Crippen molar-refractivity contribution in [1.82, 2.24) is 20.4 Å². The van der Waals surface area contributed by atoms with Gasteiger partial charge in [-0.2, -0.15) is 57.0 Å². The van der Waals surface area contributed by atoms with Crippen LogP contribution in [-0.4, -0.2) is 103 Å². The quantitative estimate of drug-likeness (QED) is 0.0528. The van der Waals surface area contributed by atoms with Crippen LogP contribution in [0.4, 0.5) is 29.0 Å². The van der Waals surface area contributed by atoms with Crippen LogP contribution in [0.25, 0.3) is 6.08 Å². The Morgan fingerprint density at radius 3 is 1.75 bits per heavy atom. The maximum atomic E-state index is 13.8. The number of Topliss-reactive ketones (excluding diaryl/α,β-unsaturated/α-hetero) is 1. The van der Waals surface area contributed by atoms with Gasteiger partial charge in [-0.25, -0.2) is 0 Å². The number of fused-ring (bicyclic) bond motifs is 1. The van der Waals surface area contributed by atoms with Gasteiger partial charge in [-0.15, -0.1) is 10.2 Å². The van der Waals surface area contributed by atoms with E-state index in [0.717, 1.165) is 36.4 Å². The molecule has 3 aromatic carbocycles. The molecule has 0 atom stereocenters. The lowest BCUT2D eigenvalue weighted by Crippen LogP contribution is -2.28. The van der Waals surface area contributed by atoms with Crippen molar-refractivity contribution < 1.29 is 74.4 Å². The van der Waals surface area contributed by atoms with Crippen molar-refractivity contribution >= 4 is 120 Å². The molecule has 0 saturated carbocycles. The molecule has 0 amide bonds. The predicted molar refractivity (Wildman–Crippen MR) is 227 cm³/mol. The number of hydrogen-bond donors (Lipinski definition) is 9. The number of nitrogens with zero attached hydrogens (tertiary/aromatic N) is 5. The van der Waals surface area contributed by atoms with E-state index in [4.69, 9.17) is 11.6 Å². The molecule has 0 saturated heterocycles. The Kier molecular flexibility index (Phi) is 12.7. The van der Waals surface area contributed by atoms with Crippen molar-refractivity contribution in [3.8, 4) is 0 Å². The number of halogens is 1. The van der Waals surface area contributed by atoms with Crippen LogP contribution in [0.5, 0.6) is 0 Å². The molecule has 0 aliphatic heterocycles. The Morgan fingerprint density at radius 1 is 0.600 bits per heavy atom. The third kappa shape index (κ3) is 10.8. The van der Waals surface area contributed by atoms with Crippen molar-refractivity contribution in [2.24, 2.45) is 10.2 Å². The zero-order valence-corrected chi connectivity index (χ0v) is 37.0. The molecule has 6 rings (SSSR count). The van der Waals surface area contributed by atoms with E-state index in [-0.39, 0.29) is 22.9 Å². The van der Waals surface area contributed by atoms with Crippen molar-refractivity contribution in [3.05, 3.63) is 98.8 Å². The number of benzene rings is 3. The minimum atomic E-state index is -5.50. The summed E-state index contributed by atoms with van der Waals surface area (Å²) in [6.45, 7) is 2.91. The minimum Gasteiger partial charge on any atom is -0.324 e. The number of aromatic nitrogens is 3. The van der Waals surface area contributed by atoms with Gasteiger partial charge in [0.05, 0.1) is 26.9 Å². The first-order valence-corrected chi connectivity index (χ1v) is 24.6. The highest BCUT2D eigenvalue weighted by molar-refractivity contribution is 7.91. The van der Waals surface area contributed by atoms with Crippen molar-refractivity contribution in [2.45, 2.75) is 33.4 Å². The van der Waals surface area contributed by atoms with E-state index in [0.29, 0.717) is 29.8 Å². The van der Waals surface area contributed by atoms with Crippen LogP contribution in [0, 0.1) is 6.92 Å². The molecule has 0 unspecified atom stereocenters. The van der Waals surface area contributed by atoms with Crippen LogP contribution in [0.1, 0.15) is 28.4 Å². The van der Waals surface area contributed by atoms with E-state index in [1.807, 2.05) is 0 Å². The Balaban J connectivity index is 1.33. The van der Waals surface area contributed by atoms with Crippen LogP contribution in [-0.2, 0) is 55.4 Å². The molecule has 342 valence electrons. The largest absolute Gasteiger partial charge is 0.324 e. The molecule has 0 bridgehead atoms. The zero-order valence-electron chi connectivity index (χ0n) is 32.1. The fourth-order valence-electron chi connectivity index (χ4n) is 5.76. The maximum Gasteiger partial charge on any atom is 0.297 e. The van der Waals surface area contributed by atoms with Gasteiger partial charge in [-0.3, -0.25) is 37.8 Å².